The highest BCUT2D eigenvalue weighted by molar-refractivity contribution is 9.10. The van der Waals surface area contributed by atoms with Gasteiger partial charge in [0.15, 0.2) is 0 Å². The molecule has 0 saturated carbocycles. The van der Waals surface area contributed by atoms with Crippen molar-refractivity contribution in [1.29, 1.82) is 5.26 Å². The van der Waals surface area contributed by atoms with E-state index in [0.717, 1.165) is 12.1 Å². The Morgan fingerprint density at radius 3 is 1.86 bits per heavy atom. The number of carbonyl (C=O) groups excluding carboxylic acids is 1. The van der Waals surface area contributed by atoms with Gasteiger partial charge in [-0.15, -0.1) is 0 Å². The van der Waals surface area contributed by atoms with Crippen LogP contribution in [-0.4, -0.2) is 35.7 Å². The zero-order valence-corrected chi connectivity index (χ0v) is 24.4. The zero-order chi connectivity index (χ0) is 32.1. The zero-order valence-electron chi connectivity index (χ0n) is 22.8. The lowest BCUT2D eigenvalue weighted by Crippen LogP contribution is -2.53. The molecular weight excluding hydrogens is 647 g/mol. The molecule has 0 heterocycles. The van der Waals surface area contributed by atoms with E-state index < -0.39 is 72.3 Å². The standard InChI is InChI=1S/C30H27BrF7N3O2/c1-15(2)25(29(43)40-21(14-39)13-22-23(32)11-20(31)12-24(22)33)41-27(30(36,37)38)19-9-5-17(6-10-19)16-3-7-18(8-4-16)26(42)28(34)35/h3-12,15,21,25-28,41-42H,13H2,1-2H3,(H,40,43)/t21?,25-,26+,27-/m0/s1. The third kappa shape index (κ3) is 8.78. The van der Waals surface area contributed by atoms with Gasteiger partial charge in [-0.1, -0.05) is 78.3 Å². The Bertz CT molecular complexity index is 1420. The molecule has 230 valence electrons. The molecule has 3 rings (SSSR count). The second kappa shape index (κ2) is 14.3. The maximum Gasteiger partial charge on any atom is 0.407 e. The van der Waals surface area contributed by atoms with Gasteiger partial charge in [0, 0.05) is 16.5 Å². The van der Waals surface area contributed by atoms with E-state index in [1.807, 2.05) is 0 Å². The topological polar surface area (TPSA) is 85.2 Å². The van der Waals surface area contributed by atoms with Crippen molar-refractivity contribution in [3.63, 3.8) is 0 Å². The number of halogens is 8. The second-order valence-electron chi connectivity index (χ2n) is 10.1. The molecule has 3 aromatic rings. The van der Waals surface area contributed by atoms with Crippen molar-refractivity contribution >= 4 is 21.8 Å². The van der Waals surface area contributed by atoms with Gasteiger partial charge < -0.3 is 10.4 Å². The molecule has 0 fully saturated rings. The maximum absolute atomic E-state index is 14.3. The van der Waals surface area contributed by atoms with Crippen LogP contribution in [0.25, 0.3) is 11.1 Å². The molecule has 0 radical (unpaired) electrons. The molecule has 0 aliphatic heterocycles. The van der Waals surface area contributed by atoms with Gasteiger partial charge in [0.1, 0.15) is 29.8 Å². The van der Waals surface area contributed by atoms with Crippen LogP contribution in [0.4, 0.5) is 30.7 Å². The monoisotopic (exact) mass is 673 g/mol. The first-order valence-corrected chi connectivity index (χ1v) is 13.7. The number of nitrogens with zero attached hydrogens (tertiary/aromatic N) is 1. The van der Waals surface area contributed by atoms with E-state index in [1.165, 1.54) is 62.4 Å². The predicted octanol–water partition coefficient (Wildman–Crippen LogP) is 7.16. The highest BCUT2D eigenvalue weighted by Crippen LogP contribution is 2.35. The van der Waals surface area contributed by atoms with Crippen LogP contribution in [-0.2, 0) is 11.2 Å². The van der Waals surface area contributed by atoms with Crippen LogP contribution in [0.1, 0.15) is 42.7 Å². The van der Waals surface area contributed by atoms with E-state index >= 15 is 0 Å². The number of carbonyl (C=O) groups is 1. The number of nitrogens with one attached hydrogen (secondary N) is 2. The lowest BCUT2D eigenvalue weighted by Gasteiger charge is -2.30. The fourth-order valence-corrected chi connectivity index (χ4v) is 4.78. The van der Waals surface area contributed by atoms with Crippen molar-refractivity contribution in [2.45, 2.75) is 57.1 Å². The molecule has 0 spiro atoms. The van der Waals surface area contributed by atoms with Crippen molar-refractivity contribution in [3.8, 4) is 17.2 Å². The van der Waals surface area contributed by atoms with Crippen LogP contribution in [0.15, 0.2) is 65.1 Å². The first kappa shape index (κ1) is 34.0. The third-order valence-corrected chi connectivity index (χ3v) is 7.14. The van der Waals surface area contributed by atoms with Crippen molar-refractivity contribution in [2.75, 3.05) is 0 Å². The second-order valence-corrected chi connectivity index (χ2v) is 11.0. The molecule has 3 aromatic carbocycles. The van der Waals surface area contributed by atoms with Gasteiger partial charge in [-0.05, 0) is 40.3 Å². The predicted molar refractivity (Wildman–Crippen MR) is 149 cm³/mol. The molecule has 13 heteroatoms. The minimum atomic E-state index is -4.85. The highest BCUT2D eigenvalue weighted by atomic mass is 79.9. The van der Waals surface area contributed by atoms with Gasteiger partial charge in [0.05, 0.1) is 12.1 Å². The van der Waals surface area contributed by atoms with Gasteiger partial charge in [0.25, 0.3) is 6.43 Å². The molecule has 43 heavy (non-hydrogen) atoms. The molecule has 1 unspecified atom stereocenters. The molecule has 0 aliphatic carbocycles. The van der Waals surface area contributed by atoms with E-state index in [9.17, 15) is 45.9 Å². The average molecular weight is 674 g/mol. The number of amides is 1. The van der Waals surface area contributed by atoms with Crippen molar-refractivity contribution < 1.29 is 40.6 Å². The lowest BCUT2D eigenvalue weighted by molar-refractivity contribution is -0.161. The van der Waals surface area contributed by atoms with Crippen LogP contribution in [0.2, 0.25) is 0 Å². The van der Waals surface area contributed by atoms with Crippen LogP contribution >= 0.6 is 15.9 Å². The number of benzene rings is 3. The Hall–Kier alpha value is -3.47. The number of hydrogen-bond donors (Lipinski definition) is 3. The molecule has 1 amide bonds. The average Bonchev–Trinajstić information content (AvgIpc) is 2.93. The number of alkyl halides is 5. The number of aliphatic hydroxyl groups is 1. The molecule has 0 bridgehead atoms. The van der Waals surface area contributed by atoms with Crippen molar-refractivity contribution in [3.05, 3.63) is 93.5 Å². The first-order valence-electron chi connectivity index (χ1n) is 12.9. The summed E-state index contributed by atoms with van der Waals surface area (Å²) in [5.74, 6) is -3.56. The van der Waals surface area contributed by atoms with E-state index in [-0.39, 0.29) is 15.6 Å². The van der Waals surface area contributed by atoms with Gasteiger partial charge in [-0.25, -0.2) is 17.6 Å². The summed E-state index contributed by atoms with van der Waals surface area (Å²) in [5.41, 5.74) is 0.284. The SMILES string of the molecule is CC(C)[C@H](N[C@@H](c1ccc(-c2ccc([C@@H](O)C(F)F)cc2)cc1)C(F)(F)F)C(=O)NC(C#N)Cc1c(F)cc(Br)cc1F. The normalized spacial score (nSPS) is 14.7. The fraction of sp³-hybridized carbons (Fsp3) is 0.333. The number of aliphatic hydroxyl groups excluding tert-OH is 1. The van der Waals surface area contributed by atoms with Crippen molar-refractivity contribution in [2.24, 2.45) is 5.92 Å². The number of rotatable bonds is 11. The molecular formula is C30H27BrF7N3O2. The fourth-order valence-electron chi connectivity index (χ4n) is 4.38. The van der Waals surface area contributed by atoms with Gasteiger partial charge in [0.2, 0.25) is 5.91 Å². The summed E-state index contributed by atoms with van der Waals surface area (Å²) in [6, 6.07) is 9.19. The Kier molecular flexibility index (Phi) is 11.3. The van der Waals surface area contributed by atoms with Crippen LogP contribution in [0.5, 0.6) is 0 Å². The molecule has 4 atom stereocenters. The van der Waals surface area contributed by atoms with E-state index in [1.54, 1.807) is 6.07 Å². The summed E-state index contributed by atoms with van der Waals surface area (Å²) in [7, 11) is 0. The Labute approximate surface area is 251 Å². The van der Waals surface area contributed by atoms with Gasteiger partial charge in [-0.2, -0.15) is 18.4 Å². The van der Waals surface area contributed by atoms with Crippen LogP contribution in [0, 0.1) is 28.9 Å². The van der Waals surface area contributed by atoms with E-state index in [4.69, 9.17) is 0 Å². The number of hydrogen-bond acceptors (Lipinski definition) is 4. The minimum absolute atomic E-state index is 0.0135. The third-order valence-electron chi connectivity index (χ3n) is 6.68. The first-order chi connectivity index (χ1) is 20.1. The van der Waals surface area contributed by atoms with Crippen LogP contribution in [0.3, 0.4) is 0 Å². The summed E-state index contributed by atoms with van der Waals surface area (Å²) in [4.78, 5) is 13.1. The van der Waals surface area contributed by atoms with E-state index in [2.05, 4.69) is 26.6 Å². The molecule has 0 aromatic heterocycles. The van der Waals surface area contributed by atoms with Gasteiger partial charge in [-0.3, -0.25) is 10.1 Å². The summed E-state index contributed by atoms with van der Waals surface area (Å²) in [5, 5.41) is 23.6. The largest absolute Gasteiger partial charge is 0.407 e. The summed E-state index contributed by atoms with van der Waals surface area (Å²) < 4.78 is 96.8. The summed E-state index contributed by atoms with van der Waals surface area (Å²) in [6.07, 6.45) is -10.3. The highest BCUT2D eigenvalue weighted by Gasteiger charge is 2.43. The quantitative estimate of drug-likeness (QED) is 0.189. The maximum atomic E-state index is 14.3. The Morgan fingerprint density at radius 1 is 0.953 bits per heavy atom. The summed E-state index contributed by atoms with van der Waals surface area (Å²) >= 11 is 2.94. The molecule has 0 aliphatic rings. The summed E-state index contributed by atoms with van der Waals surface area (Å²) in [6.45, 7) is 3.00. The minimum Gasteiger partial charge on any atom is -0.382 e. The Morgan fingerprint density at radius 2 is 1.44 bits per heavy atom. The smallest absolute Gasteiger partial charge is 0.382 e. The molecule has 5 nitrogen and oxygen atoms in total. The van der Waals surface area contributed by atoms with Gasteiger partial charge >= 0.3 is 6.18 Å². The lowest BCUT2D eigenvalue weighted by atomic mass is 9.96. The van der Waals surface area contributed by atoms with E-state index in [0.29, 0.717) is 11.1 Å². The van der Waals surface area contributed by atoms with Crippen molar-refractivity contribution in [1.82, 2.24) is 10.6 Å². The Balaban J connectivity index is 1.80. The molecule has 3 N–H and O–H groups in total. The van der Waals surface area contributed by atoms with Crippen LogP contribution < -0.4 is 10.6 Å². The number of nitriles is 1. The molecule has 0 saturated heterocycles.